The van der Waals surface area contributed by atoms with Crippen molar-refractivity contribution in [2.75, 3.05) is 6.54 Å². The first-order valence-electron chi connectivity index (χ1n) is 7.34. The maximum atomic E-state index is 10.5. The van der Waals surface area contributed by atoms with Gasteiger partial charge in [0, 0.05) is 12.6 Å². The van der Waals surface area contributed by atoms with Crippen LogP contribution in [0.1, 0.15) is 65.7 Å². The van der Waals surface area contributed by atoms with Crippen LogP contribution in [0.2, 0.25) is 0 Å². The van der Waals surface area contributed by atoms with Crippen molar-refractivity contribution in [1.82, 2.24) is 5.32 Å². The summed E-state index contributed by atoms with van der Waals surface area (Å²) in [5, 5.41) is 14.1. The van der Waals surface area contributed by atoms with Crippen molar-refractivity contribution in [3.8, 4) is 0 Å². The molecule has 0 aromatic rings. The molecule has 2 aliphatic rings. The molecule has 0 amide bonds. The average molecular weight is 239 g/mol. The standard InChI is InChI=1S/C15H29NO/c1-12-4-8-15(17,9-5-12)11-16-13-6-7-14(2,3)10-13/h12-13,16-17H,4-11H2,1-3H3. The van der Waals surface area contributed by atoms with Crippen LogP contribution in [0.25, 0.3) is 0 Å². The molecule has 17 heavy (non-hydrogen) atoms. The van der Waals surface area contributed by atoms with Gasteiger partial charge in [0.2, 0.25) is 0 Å². The summed E-state index contributed by atoms with van der Waals surface area (Å²) in [5.41, 5.74) is 0.0839. The molecule has 2 N–H and O–H groups in total. The van der Waals surface area contributed by atoms with Gasteiger partial charge in [-0.05, 0) is 56.3 Å². The van der Waals surface area contributed by atoms with Crippen LogP contribution in [0.5, 0.6) is 0 Å². The third-order valence-electron chi connectivity index (χ3n) is 4.89. The van der Waals surface area contributed by atoms with Gasteiger partial charge in [0.25, 0.3) is 0 Å². The first-order chi connectivity index (χ1) is 7.89. The van der Waals surface area contributed by atoms with Gasteiger partial charge in [0.15, 0.2) is 0 Å². The smallest absolute Gasteiger partial charge is 0.0771 e. The fourth-order valence-corrected chi connectivity index (χ4v) is 3.42. The molecule has 0 spiro atoms. The van der Waals surface area contributed by atoms with Gasteiger partial charge in [-0.1, -0.05) is 20.8 Å². The van der Waals surface area contributed by atoms with Crippen molar-refractivity contribution in [2.45, 2.75) is 77.4 Å². The van der Waals surface area contributed by atoms with Crippen molar-refractivity contribution < 1.29 is 5.11 Å². The summed E-state index contributed by atoms with van der Waals surface area (Å²) in [4.78, 5) is 0. The summed E-state index contributed by atoms with van der Waals surface area (Å²) >= 11 is 0. The Kier molecular flexibility index (Phi) is 3.84. The van der Waals surface area contributed by atoms with E-state index in [0.717, 1.165) is 25.3 Å². The van der Waals surface area contributed by atoms with E-state index in [2.05, 4.69) is 26.1 Å². The Bertz CT molecular complexity index is 254. The van der Waals surface area contributed by atoms with Gasteiger partial charge < -0.3 is 10.4 Å². The van der Waals surface area contributed by atoms with E-state index in [0.29, 0.717) is 11.5 Å². The molecule has 0 aliphatic heterocycles. The van der Waals surface area contributed by atoms with E-state index >= 15 is 0 Å². The highest BCUT2D eigenvalue weighted by Gasteiger charge is 2.35. The third-order valence-corrected chi connectivity index (χ3v) is 4.89. The van der Waals surface area contributed by atoms with Gasteiger partial charge in [-0.2, -0.15) is 0 Å². The Morgan fingerprint density at radius 1 is 1.12 bits per heavy atom. The summed E-state index contributed by atoms with van der Waals surface area (Å²) in [6.45, 7) is 7.81. The first kappa shape index (κ1) is 13.4. The zero-order valence-electron chi connectivity index (χ0n) is 11.8. The van der Waals surface area contributed by atoms with E-state index in [4.69, 9.17) is 0 Å². The van der Waals surface area contributed by atoms with Crippen LogP contribution in [0.4, 0.5) is 0 Å². The second kappa shape index (κ2) is 4.89. The summed E-state index contributed by atoms with van der Waals surface area (Å²) in [7, 11) is 0. The van der Waals surface area contributed by atoms with Gasteiger partial charge in [-0.3, -0.25) is 0 Å². The lowest BCUT2D eigenvalue weighted by Crippen LogP contribution is -2.46. The summed E-state index contributed by atoms with van der Waals surface area (Å²) < 4.78 is 0. The molecule has 0 radical (unpaired) electrons. The molecule has 2 nitrogen and oxygen atoms in total. The molecule has 2 heteroatoms. The van der Waals surface area contributed by atoms with Gasteiger partial charge in [0.05, 0.1) is 5.60 Å². The second-order valence-electron chi connectivity index (χ2n) is 7.39. The fraction of sp³-hybridized carbons (Fsp3) is 1.00. The molecule has 2 fully saturated rings. The SMILES string of the molecule is CC1CCC(O)(CNC2CCC(C)(C)C2)CC1. The number of rotatable bonds is 3. The monoisotopic (exact) mass is 239 g/mol. The molecule has 1 atom stereocenters. The highest BCUT2D eigenvalue weighted by atomic mass is 16.3. The van der Waals surface area contributed by atoms with Crippen molar-refractivity contribution in [1.29, 1.82) is 0 Å². The normalized spacial score (nSPS) is 41.6. The predicted molar refractivity (Wildman–Crippen MR) is 72.0 cm³/mol. The van der Waals surface area contributed by atoms with E-state index in [-0.39, 0.29) is 0 Å². The van der Waals surface area contributed by atoms with Gasteiger partial charge in [-0.15, -0.1) is 0 Å². The summed E-state index contributed by atoms with van der Waals surface area (Å²) in [6, 6.07) is 0.633. The number of hydrogen-bond acceptors (Lipinski definition) is 2. The molecule has 0 bridgehead atoms. The minimum Gasteiger partial charge on any atom is -0.389 e. The predicted octanol–water partition coefficient (Wildman–Crippen LogP) is 3.10. The van der Waals surface area contributed by atoms with E-state index in [9.17, 15) is 5.11 Å². The molecule has 100 valence electrons. The number of aliphatic hydroxyl groups is 1. The van der Waals surface area contributed by atoms with E-state index in [1.165, 1.54) is 32.1 Å². The van der Waals surface area contributed by atoms with E-state index in [1.807, 2.05) is 0 Å². The maximum Gasteiger partial charge on any atom is 0.0771 e. The second-order valence-corrected chi connectivity index (χ2v) is 7.39. The van der Waals surface area contributed by atoms with Crippen LogP contribution in [0, 0.1) is 11.3 Å². The minimum absolute atomic E-state index is 0.417. The molecule has 2 saturated carbocycles. The van der Waals surface area contributed by atoms with Crippen molar-refractivity contribution in [3.63, 3.8) is 0 Å². The Hall–Kier alpha value is -0.0800. The molecule has 2 aliphatic carbocycles. The third kappa shape index (κ3) is 3.69. The Morgan fingerprint density at radius 2 is 1.76 bits per heavy atom. The van der Waals surface area contributed by atoms with Crippen LogP contribution in [0.15, 0.2) is 0 Å². The number of nitrogens with one attached hydrogen (secondary N) is 1. The van der Waals surface area contributed by atoms with Crippen LogP contribution in [-0.4, -0.2) is 23.3 Å². The quantitative estimate of drug-likeness (QED) is 0.793. The van der Waals surface area contributed by atoms with E-state index < -0.39 is 5.60 Å². The van der Waals surface area contributed by atoms with Crippen LogP contribution in [-0.2, 0) is 0 Å². The Balaban J connectivity index is 1.75. The molecular formula is C15H29NO. The topological polar surface area (TPSA) is 32.3 Å². The highest BCUT2D eigenvalue weighted by molar-refractivity contribution is 4.91. The molecular weight excluding hydrogens is 210 g/mol. The van der Waals surface area contributed by atoms with Crippen LogP contribution in [0.3, 0.4) is 0 Å². The zero-order chi connectivity index (χ0) is 12.5. The first-order valence-corrected chi connectivity index (χ1v) is 7.34. The molecule has 0 saturated heterocycles. The molecule has 1 unspecified atom stereocenters. The lowest BCUT2D eigenvalue weighted by molar-refractivity contribution is -0.00822. The molecule has 0 aromatic carbocycles. The highest BCUT2D eigenvalue weighted by Crippen LogP contribution is 2.37. The average Bonchev–Trinajstić information content (AvgIpc) is 2.61. The van der Waals surface area contributed by atoms with Crippen molar-refractivity contribution in [3.05, 3.63) is 0 Å². The zero-order valence-corrected chi connectivity index (χ0v) is 11.8. The van der Waals surface area contributed by atoms with Crippen LogP contribution >= 0.6 is 0 Å². The van der Waals surface area contributed by atoms with Crippen LogP contribution < -0.4 is 5.32 Å². The maximum absolute atomic E-state index is 10.5. The molecule has 2 rings (SSSR count). The molecule has 0 aromatic heterocycles. The molecule has 0 heterocycles. The fourth-order valence-electron chi connectivity index (χ4n) is 3.42. The Morgan fingerprint density at radius 3 is 2.29 bits per heavy atom. The lowest BCUT2D eigenvalue weighted by Gasteiger charge is -2.36. The van der Waals surface area contributed by atoms with E-state index in [1.54, 1.807) is 0 Å². The summed E-state index contributed by atoms with van der Waals surface area (Å²) in [5.74, 6) is 0.806. The van der Waals surface area contributed by atoms with Crippen molar-refractivity contribution in [2.24, 2.45) is 11.3 Å². The largest absolute Gasteiger partial charge is 0.389 e. The Labute approximate surface area is 106 Å². The van der Waals surface area contributed by atoms with Gasteiger partial charge in [-0.25, -0.2) is 0 Å². The van der Waals surface area contributed by atoms with Gasteiger partial charge >= 0.3 is 0 Å². The summed E-state index contributed by atoms with van der Waals surface area (Å²) in [6.07, 6.45) is 8.20. The van der Waals surface area contributed by atoms with Crippen molar-refractivity contribution >= 4 is 0 Å². The van der Waals surface area contributed by atoms with Gasteiger partial charge in [0.1, 0.15) is 0 Å². The minimum atomic E-state index is -0.417. The number of hydrogen-bond donors (Lipinski definition) is 2. The lowest BCUT2D eigenvalue weighted by atomic mass is 9.79.